The number of para-hydroxylation sites is 1. The fourth-order valence-corrected chi connectivity index (χ4v) is 2.26. The first-order valence-electron chi connectivity index (χ1n) is 7.26. The van der Waals surface area contributed by atoms with Gasteiger partial charge in [-0.05, 0) is 35.6 Å². The smallest absolute Gasteiger partial charge is 0.319 e. The Hall–Kier alpha value is -2.29. The molecule has 0 saturated heterocycles. The summed E-state index contributed by atoms with van der Waals surface area (Å²) in [4.78, 5) is 12.0. The molecule has 0 aliphatic carbocycles. The van der Waals surface area contributed by atoms with E-state index in [-0.39, 0.29) is 6.03 Å². The number of nitrogens with one attached hydrogen (secondary N) is 2. The summed E-state index contributed by atoms with van der Waals surface area (Å²) in [6, 6.07) is 15.8. The third-order valence-corrected chi connectivity index (χ3v) is 3.53. The maximum absolute atomic E-state index is 12.0. The highest BCUT2D eigenvalue weighted by atomic mass is 16.2. The predicted molar refractivity (Wildman–Crippen MR) is 87.6 cm³/mol. The number of anilines is 1. The molecule has 0 saturated carbocycles. The van der Waals surface area contributed by atoms with Crippen LogP contribution in [0, 0.1) is 6.92 Å². The lowest BCUT2D eigenvalue weighted by molar-refractivity contribution is 0.251. The number of hydrogen-bond acceptors (Lipinski definition) is 1. The fourth-order valence-electron chi connectivity index (χ4n) is 2.26. The largest absolute Gasteiger partial charge is 0.334 e. The Morgan fingerprint density at radius 3 is 2.43 bits per heavy atom. The molecule has 110 valence electrons. The normalized spacial score (nSPS) is 10.5. The first-order valence-corrected chi connectivity index (χ1v) is 7.26. The van der Waals surface area contributed by atoms with Gasteiger partial charge in [0, 0.05) is 12.2 Å². The van der Waals surface area contributed by atoms with E-state index in [0.29, 0.717) is 12.5 Å². The summed E-state index contributed by atoms with van der Waals surface area (Å²) in [6.45, 7) is 6.81. The van der Waals surface area contributed by atoms with Crippen molar-refractivity contribution in [1.29, 1.82) is 0 Å². The number of urea groups is 1. The van der Waals surface area contributed by atoms with Crippen LogP contribution < -0.4 is 10.6 Å². The third-order valence-electron chi connectivity index (χ3n) is 3.53. The number of amides is 2. The number of aryl methyl sites for hydroxylation is 1. The molecule has 0 fully saturated rings. The van der Waals surface area contributed by atoms with Crippen molar-refractivity contribution >= 4 is 11.7 Å². The van der Waals surface area contributed by atoms with Gasteiger partial charge in [-0.2, -0.15) is 0 Å². The van der Waals surface area contributed by atoms with Gasteiger partial charge >= 0.3 is 6.03 Å². The molecular formula is C18H22N2O. The monoisotopic (exact) mass is 282 g/mol. The van der Waals surface area contributed by atoms with E-state index in [9.17, 15) is 4.79 Å². The van der Waals surface area contributed by atoms with Crippen molar-refractivity contribution in [3.8, 4) is 0 Å². The van der Waals surface area contributed by atoms with Crippen LogP contribution in [-0.2, 0) is 6.54 Å². The van der Waals surface area contributed by atoms with E-state index in [2.05, 4.69) is 24.5 Å². The Balaban J connectivity index is 1.98. The third kappa shape index (κ3) is 4.09. The quantitative estimate of drug-likeness (QED) is 0.855. The summed E-state index contributed by atoms with van der Waals surface area (Å²) in [7, 11) is 0. The zero-order valence-corrected chi connectivity index (χ0v) is 12.8. The summed E-state index contributed by atoms with van der Waals surface area (Å²) < 4.78 is 0. The second-order valence-corrected chi connectivity index (χ2v) is 5.48. The van der Waals surface area contributed by atoms with Crippen LogP contribution in [0.1, 0.15) is 36.5 Å². The van der Waals surface area contributed by atoms with Crippen molar-refractivity contribution < 1.29 is 4.79 Å². The van der Waals surface area contributed by atoms with Crippen molar-refractivity contribution in [2.45, 2.75) is 33.2 Å². The average Bonchev–Trinajstić information content (AvgIpc) is 2.47. The molecule has 21 heavy (non-hydrogen) atoms. The second kappa shape index (κ2) is 6.93. The highest BCUT2D eigenvalue weighted by molar-refractivity contribution is 5.90. The molecule has 2 N–H and O–H groups in total. The van der Waals surface area contributed by atoms with Crippen molar-refractivity contribution in [2.75, 3.05) is 5.32 Å². The van der Waals surface area contributed by atoms with Crippen LogP contribution in [0.5, 0.6) is 0 Å². The van der Waals surface area contributed by atoms with Crippen molar-refractivity contribution in [1.82, 2.24) is 5.32 Å². The summed E-state index contributed by atoms with van der Waals surface area (Å²) in [5, 5.41) is 5.84. The summed E-state index contributed by atoms with van der Waals surface area (Å²) in [5.41, 5.74) is 4.32. The van der Waals surface area contributed by atoms with Crippen LogP contribution in [-0.4, -0.2) is 6.03 Å². The molecule has 2 aromatic rings. The van der Waals surface area contributed by atoms with Crippen LogP contribution in [0.25, 0.3) is 0 Å². The number of carbonyl (C=O) groups is 1. The Morgan fingerprint density at radius 1 is 1.05 bits per heavy atom. The minimum atomic E-state index is -0.175. The van der Waals surface area contributed by atoms with Gasteiger partial charge in [0.25, 0.3) is 0 Å². The lowest BCUT2D eigenvalue weighted by Crippen LogP contribution is -2.28. The van der Waals surface area contributed by atoms with E-state index in [1.165, 1.54) is 5.56 Å². The maximum atomic E-state index is 12.0. The number of hydrogen-bond donors (Lipinski definition) is 2. The van der Waals surface area contributed by atoms with Gasteiger partial charge in [-0.15, -0.1) is 0 Å². The van der Waals surface area contributed by atoms with Crippen molar-refractivity contribution in [2.24, 2.45) is 0 Å². The molecular weight excluding hydrogens is 260 g/mol. The van der Waals surface area contributed by atoms with Crippen LogP contribution >= 0.6 is 0 Å². The van der Waals surface area contributed by atoms with E-state index >= 15 is 0 Å². The van der Waals surface area contributed by atoms with Crippen molar-refractivity contribution in [3.05, 3.63) is 65.2 Å². The summed E-state index contributed by atoms with van der Waals surface area (Å²) in [6.07, 6.45) is 0. The highest BCUT2D eigenvalue weighted by Crippen LogP contribution is 2.23. The zero-order valence-electron chi connectivity index (χ0n) is 12.8. The lowest BCUT2D eigenvalue weighted by atomic mass is 10.0. The molecule has 0 heterocycles. The highest BCUT2D eigenvalue weighted by Gasteiger charge is 2.08. The molecule has 3 heteroatoms. The molecule has 0 radical (unpaired) electrons. The van der Waals surface area contributed by atoms with Crippen LogP contribution in [0.15, 0.2) is 48.5 Å². The molecule has 0 spiro atoms. The SMILES string of the molecule is Cc1ccccc1CNC(=O)Nc1ccccc1C(C)C. The molecule has 2 amide bonds. The van der Waals surface area contributed by atoms with Gasteiger partial charge in [-0.3, -0.25) is 0 Å². The molecule has 0 aliphatic heterocycles. The van der Waals surface area contributed by atoms with Gasteiger partial charge in [0.15, 0.2) is 0 Å². The Bertz CT molecular complexity index is 620. The molecule has 0 aromatic heterocycles. The van der Waals surface area contributed by atoms with E-state index in [4.69, 9.17) is 0 Å². The lowest BCUT2D eigenvalue weighted by Gasteiger charge is -2.14. The average molecular weight is 282 g/mol. The maximum Gasteiger partial charge on any atom is 0.319 e. The van der Waals surface area contributed by atoms with Gasteiger partial charge in [-0.25, -0.2) is 4.79 Å². The fraction of sp³-hybridized carbons (Fsp3) is 0.278. The molecule has 3 nitrogen and oxygen atoms in total. The first-order chi connectivity index (χ1) is 10.1. The Labute approximate surface area is 126 Å². The van der Waals surface area contributed by atoms with Gasteiger partial charge < -0.3 is 10.6 Å². The van der Waals surface area contributed by atoms with Crippen LogP contribution in [0.2, 0.25) is 0 Å². The Kier molecular flexibility index (Phi) is 4.99. The summed E-state index contributed by atoms with van der Waals surface area (Å²) in [5.74, 6) is 0.373. The summed E-state index contributed by atoms with van der Waals surface area (Å²) >= 11 is 0. The molecule has 0 atom stereocenters. The minimum Gasteiger partial charge on any atom is -0.334 e. The number of carbonyl (C=O) groups excluding carboxylic acids is 1. The molecule has 2 aromatic carbocycles. The first kappa shape index (κ1) is 15.1. The van der Waals surface area contributed by atoms with Gasteiger partial charge in [-0.1, -0.05) is 56.3 Å². The van der Waals surface area contributed by atoms with E-state index in [1.54, 1.807) is 0 Å². The van der Waals surface area contributed by atoms with E-state index in [1.807, 2.05) is 55.5 Å². The Morgan fingerprint density at radius 2 is 1.71 bits per heavy atom. The van der Waals surface area contributed by atoms with E-state index in [0.717, 1.165) is 16.8 Å². The molecule has 0 bridgehead atoms. The second-order valence-electron chi connectivity index (χ2n) is 5.48. The predicted octanol–water partition coefficient (Wildman–Crippen LogP) is 4.44. The molecule has 2 rings (SSSR count). The van der Waals surface area contributed by atoms with Gasteiger partial charge in [0.2, 0.25) is 0 Å². The molecule has 0 aliphatic rings. The minimum absolute atomic E-state index is 0.175. The zero-order chi connectivity index (χ0) is 15.2. The van der Waals surface area contributed by atoms with Crippen molar-refractivity contribution in [3.63, 3.8) is 0 Å². The topological polar surface area (TPSA) is 41.1 Å². The van der Waals surface area contributed by atoms with E-state index < -0.39 is 0 Å². The van der Waals surface area contributed by atoms with Gasteiger partial charge in [0.1, 0.15) is 0 Å². The van der Waals surface area contributed by atoms with Gasteiger partial charge in [0.05, 0.1) is 0 Å². The number of benzene rings is 2. The van der Waals surface area contributed by atoms with Crippen LogP contribution in [0.4, 0.5) is 10.5 Å². The van der Waals surface area contributed by atoms with Crippen LogP contribution in [0.3, 0.4) is 0 Å². The number of rotatable bonds is 4. The molecule has 0 unspecified atom stereocenters. The standard InChI is InChI=1S/C18H22N2O/c1-13(2)16-10-6-7-11-17(16)20-18(21)19-12-15-9-5-4-8-14(15)3/h4-11,13H,12H2,1-3H3,(H2,19,20,21).